The summed E-state index contributed by atoms with van der Waals surface area (Å²) < 4.78 is 60.3. The number of hydrogen-bond donors (Lipinski definition) is 18. The fourth-order valence-electron chi connectivity index (χ4n) is 14.3. The smallest absolute Gasteiger partial charge is 0.220 e. The lowest BCUT2D eigenvalue weighted by Crippen LogP contribution is -2.71. The summed E-state index contributed by atoms with van der Waals surface area (Å²) in [4.78, 5) is 39.1. The molecule has 5 aliphatic heterocycles. The quantitative estimate of drug-likeness (QED) is 0.0301. The van der Waals surface area contributed by atoms with Gasteiger partial charge in [-0.1, -0.05) is 206 Å². The molecule has 105 heavy (non-hydrogen) atoms. The second kappa shape index (κ2) is 51.7. The van der Waals surface area contributed by atoms with E-state index in [-0.39, 0.29) is 12.3 Å². The maximum absolute atomic E-state index is 13.6. The summed E-state index contributed by atoms with van der Waals surface area (Å²) in [6.45, 7) is 1.22. The van der Waals surface area contributed by atoms with Crippen molar-refractivity contribution in [2.75, 3.05) is 39.6 Å². The average Bonchev–Trinajstić information content (AvgIpc) is 0.766. The lowest BCUT2D eigenvalue weighted by molar-refractivity contribution is -0.395. The molecule has 27 atom stereocenters. The summed E-state index contributed by atoms with van der Waals surface area (Å²) in [5, 5.41) is 174. The summed E-state index contributed by atoms with van der Waals surface area (Å²) >= 11 is 0. The van der Waals surface area contributed by atoms with Gasteiger partial charge in [0.2, 0.25) is 17.7 Å². The highest BCUT2D eigenvalue weighted by Crippen LogP contribution is 2.38. The zero-order valence-electron chi connectivity index (χ0n) is 62.6. The number of carbonyl (C=O) groups excluding carboxylic acids is 3. The molecule has 5 aliphatic rings. The van der Waals surface area contributed by atoms with Crippen molar-refractivity contribution in [3.8, 4) is 0 Å². The molecule has 5 fully saturated rings. The summed E-state index contributed by atoms with van der Waals surface area (Å²) in [5.41, 5.74) is 0. The number of unbranched alkanes of at least 4 members (excludes halogenated alkanes) is 29. The van der Waals surface area contributed by atoms with Crippen molar-refractivity contribution in [3.63, 3.8) is 0 Å². The summed E-state index contributed by atoms with van der Waals surface area (Å²) in [6, 6.07) is -4.56. The molecule has 0 aromatic rings. The van der Waals surface area contributed by atoms with Crippen molar-refractivity contribution in [1.29, 1.82) is 0 Å². The molecule has 31 heteroatoms. The predicted octanol–water partition coefficient (Wildman–Crippen LogP) is 1.31. The fraction of sp³-hybridized carbons (Fsp3) is 0.932. The molecule has 0 bridgehead atoms. The Labute approximate surface area is 620 Å². The van der Waals surface area contributed by atoms with Gasteiger partial charge in [-0.25, -0.2) is 0 Å². The van der Waals surface area contributed by atoms with Crippen LogP contribution in [0.5, 0.6) is 0 Å². The zero-order valence-corrected chi connectivity index (χ0v) is 62.6. The highest BCUT2D eigenvalue weighted by molar-refractivity contribution is 5.76. The largest absolute Gasteiger partial charge is 0.394 e. The number of ether oxygens (including phenoxy) is 10. The van der Waals surface area contributed by atoms with Gasteiger partial charge in [0.15, 0.2) is 31.5 Å². The molecule has 5 saturated heterocycles. The van der Waals surface area contributed by atoms with Crippen LogP contribution >= 0.6 is 0 Å². The molecule has 0 aromatic heterocycles. The molecule has 18 N–H and O–H groups in total. The van der Waals surface area contributed by atoms with E-state index in [0.717, 1.165) is 65.2 Å². The van der Waals surface area contributed by atoms with Gasteiger partial charge in [-0.05, 0) is 19.3 Å². The Hall–Kier alpha value is -2.85. The lowest BCUT2D eigenvalue weighted by Gasteiger charge is -2.51. The van der Waals surface area contributed by atoms with E-state index in [4.69, 9.17) is 47.4 Å². The highest BCUT2D eigenvalue weighted by atomic mass is 16.8. The number of hydrogen-bond acceptors (Lipinski definition) is 28. The van der Waals surface area contributed by atoms with Crippen LogP contribution in [0.1, 0.15) is 233 Å². The number of nitrogens with one attached hydrogen (secondary N) is 3. The first kappa shape index (κ1) is 92.8. The number of aliphatic hydroxyl groups is 15. The standard InChI is InChI=1S/C74H135N3O28/c1-5-7-9-11-13-15-17-19-20-21-22-23-24-26-28-30-32-34-36-38-54(86)77-47(48(85)37-35-33-31-29-27-25-18-16-14-12-10-8-6-2)44-96-72-64(94)62(92)67(52(42-81)100-72)103-74-65(95)69(68(53(43-82)101-74)104-70-55(75-45(3)83)59(89)57(87)49(39-78)97-70)105-71-56(76-46(4)84)60(90)66(51(41-80)99-71)102-73-63(93)61(91)58(88)50(40-79)98-73/h35,37,47-53,55-74,78-82,85,87-95H,5-34,36,38-44H2,1-4H3,(H,75,83)(H,76,84)(H,77,86)/b37-35+/t47-,48+,49?,50?,51?,52?,53?,55?,56?,57-,58-,59+,60+,61-,62+,63?,64?,65?,66+,67+,68-,69+,70-,71-,72+,73-,74-/m0/s1. The first-order valence-corrected chi connectivity index (χ1v) is 39.5. The minimum atomic E-state index is -2.29. The van der Waals surface area contributed by atoms with Crippen LogP contribution in [0.15, 0.2) is 12.2 Å². The van der Waals surface area contributed by atoms with Crippen LogP contribution in [-0.4, -0.2) is 300 Å². The van der Waals surface area contributed by atoms with Gasteiger partial charge in [0.25, 0.3) is 0 Å². The van der Waals surface area contributed by atoms with Crippen LogP contribution in [0.2, 0.25) is 0 Å². The van der Waals surface area contributed by atoms with Gasteiger partial charge in [-0.3, -0.25) is 14.4 Å². The predicted molar refractivity (Wildman–Crippen MR) is 380 cm³/mol. The van der Waals surface area contributed by atoms with Crippen LogP contribution in [0.4, 0.5) is 0 Å². The molecule has 3 amide bonds. The van der Waals surface area contributed by atoms with Crippen LogP contribution in [-0.2, 0) is 61.8 Å². The van der Waals surface area contributed by atoms with E-state index in [9.17, 15) is 91.0 Å². The van der Waals surface area contributed by atoms with Crippen molar-refractivity contribution in [2.45, 2.75) is 399 Å². The molecular formula is C74H135N3O28. The summed E-state index contributed by atoms with van der Waals surface area (Å²) in [6.07, 6.45) is -4.83. The van der Waals surface area contributed by atoms with Crippen LogP contribution < -0.4 is 16.0 Å². The normalized spacial score (nSPS) is 34.4. The molecule has 5 heterocycles. The molecule has 0 aromatic carbocycles. The van der Waals surface area contributed by atoms with Gasteiger partial charge in [0.05, 0.1) is 51.8 Å². The maximum Gasteiger partial charge on any atom is 0.220 e. The molecule has 0 aliphatic carbocycles. The number of aliphatic hydroxyl groups excluding tert-OH is 15. The zero-order chi connectivity index (χ0) is 76.8. The number of carbonyl (C=O) groups is 3. The fourth-order valence-corrected chi connectivity index (χ4v) is 14.3. The summed E-state index contributed by atoms with van der Waals surface area (Å²) in [7, 11) is 0. The Balaban J connectivity index is 1.29. The lowest BCUT2D eigenvalue weighted by atomic mass is 9.93. The number of rotatable bonds is 53. The van der Waals surface area contributed by atoms with Crippen LogP contribution in [0, 0.1) is 0 Å². The monoisotopic (exact) mass is 1510 g/mol. The maximum atomic E-state index is 13.6. The molecule has 0 spiro atoms. The Morgan fingerprint density at radius 3 is 1.17 bits per heavy atom. The third-order valence-corrected chi connectivity index (χ3v) is 20.6. The van der Waals surface area contributed by atoms with E-state index in [2.05, 4.69) is 29.8 Å². The van der Waals surface area contributed by atoms with E-state index < -0.39 is 217 Å². The molecule has 614 valence electrons. The van der Waals surface area contributed by atoms with Gasteiger partial charge < -0.3 is 140 Å². The van der Waals surface area contributed by atoms with Crippen molar-refractivity contribution >= 4 is 17.7 Å². The molecule has 5 rings (SSSR count). The first-order chi connectivity index (χ1) is 50.6. The second-order valence-corrected chi connectivity index (χ2v) is 29.3. The van der Waals surface area contributed by atoms with Gasteiger partial charge in [0, 0.05) is 20.3 Å². The number of amides is 3. The van der Waals surface area contributed by atoms with Crippen molar-refractivity contribution in [3.05, 3.63) is 12.2 Å². The molecule has 31 nitrogen and oxygen atoms in total. The van der Waals surface area contributed by atoms with Gasteiger partial charge >= 0.3 is 0 Å². The Bertz CT molecular complexity index is 2340. The minimum absolute atomic E-state index is 0.171. The molecule has 0 radical (unpaired) electrons. The third-order valence-electron chi connectivity index (χ3n) is 20.6. The Morgan fingerprint density at radius 2 is 0.714 bits per heavy atom. The van der Waals surface area contributed by atoms with Crippen LogP contribution in [0.25, 0.3) is 0 Å². The van der Waals surface area contributed by atoms with Crippen molar-refractivity contribution in [1.82, 2.24) is 16.0 Å². The van der Waals surface area contributed by atoms with Crippen LogP contribution in [0.3, 0.4) is 0 Å². The van der Waals surface area contributed by atoms with E-state index in [1.807, 2.05) is 6.08 Å². The van der Waals surface area contributed by atoms with E-state index in [1.165, 1.54) is 135 Å². The topological polar surface area (TPSA) is 483 Å². The molecule has 0 saturated carbocycles. The highest BCUT2D eigenvalue weighted by Gasteiger charge is 2.58. The number of allylic oxidation sites excluding steroid dienone is 1. The van der Waals surface area contributed by atoms with Crippen molar-refractivity contribution < 1.29 is 138 Å². The van der Waals surface area contributed by atoms with Crippen molar-refractivity contribution in [2.24, 2.45) is 0 Å². The van der Waals surface area contributed by atoms with E-state index in [0.29, 0.717) is 12.8 Å². The SMILES string of the molecule is CCCCCCCCCCCCC/C=C/[C@@H](O)[C@H](CO[C@@H]1OC(CO)[C@@H](O[C@@H]2OC(CO)[C@H](O[C@@H]3OC(CO)[C@H](O)[C@H](O)C3NC(C)=O)[C@H](O[C@@H]3OC(CO)[C@@H](O[C@@H]4OC(CO)[C@H](O)[C@H](O)C4O)[C@H](O)C3NC(C)=O)C2O)[C@H](O)C1O)NC(=O)CCCCCCCCCCCCCCCCCCCCC. The minimum Gasteiger partial charge on any atom is -0.394 e. The second-order valence-electron chi connectivity index (χ2n) is 29.3. The summed E-state index contributed by atoms with van der Waals surface area (Å²) in [5.74, 6) is -1.97. The van der Waals surface area contributed by atoms with Gasteiger partial charge in [-0.15, -0.1) is 0 Å². The van der Waals surface area contributed by atoms with Gasteiger partial charge in [-0.2, -0.15) is 0 Å². The molecular weight excluding hydrogens is 1380 g/mol. The molecule has 10 unspecified atom stereocenters. The Kier molecular flexibility index (Phi) is 45.6. The average molecular weight is 1510 g/mol. The van der Waals surface area contributed by atoms with E-state index >= 15 is 0 Å². The van der Waals surface area contributed by atoms with E-state index in [1.54, 1.807) is 6.08 Å². The third kappa shape index (κ3) is 30.6. The Morgan fingerprint density at radius 1 is 0.371 bits per heavy atom. The van der Waals surface area contributed by atoms with Gasteiger partial charge in [0.1, 0.15) is 122 Å². The first-order valence-electron chi connectivity index (χ1n) is 39.5.